The summed E-state index contributed by atoms with van der Waals surface area (Å²) in [5.74, 6) is -2.51. The summed E-state index contributed by atoms with van der Waals surface area (Å²) in [4.78, 5) is 24.1. The van der Waals surface area contributed by atoms with Crippen molar-refractivity contribution in [3.05, 3.63) is 78.4 Å². The molecule has 1 atom stereocenters. The molecule has 1 unspecified atom stereocenters. The monoisotopic (exact) mass is 396 g/mol. The fraction of sp³-hybridized carbons (Fsp3) is 0.304. The van der Waals surface area contributed by atoms with Crippen molar-refractivity contribution in [3.8, 4) is 0 Å². The molecule has 2 N–H and O–H groups in total. The third-order valence-corrected chi connectivity index (χ3v) is 4.65. The number of nitrogens with zero attached hydrogens (tertiary/aromatic N) is 2. The molecule has 6 heteroatoms. The number of anilines is 1. The number of carbonyl (C=O) groups is 2. The zero-order chi connectivity index (χ0) is 21.1. The van der Waals surface area contributed by atoms with Crippen molar-refractivity contribution < 1.29 is 19.8 Å². The smallest absolute Gasteiger partial charge is 0.328 e. The Hall–Kier alpha value is -3.12. The number of carboxylic acid groups (broad SMARTS) is 2. The number of rotatable bonds is 7. The molecule has 0 spiro atoms. The molecule has 0 amide bonds. The molecule has 1 saturated heterocycles. The number of hydrogen-bond acceptors (Lipinski definition) is 4. The molecule has 154 valence electrons. The summed E-state index contributed by atoms with van der Waals surface area (Å²) in [6, 6.07) is 22.2. The molecule has 1 aliphatic rings. The van der Waals surface area contributed by atoms with E-state index in [4.69, 9.17) is 10.2 Å². The number of likely N-dealkylation sites (N-methyl/N-ethyl adjacent to an activating group) is 1. The highest BCUT2D eigenvalue weighted by Crippen LogP contribution is 2.25. The Morgan fingerprint density at radius 2 is 1.55 bits per heavy atom. The first kappa shape index (κ1) is 22.2. The van der Waals surface area contributed by atoms with Gasteiger partial charge in [0.15, 0.2) is 0 Å². The average Bonchev–Trinajstić information content (AvgIpc) is 3.16. The molecule has 0 saturated carbocycles. The van der Waals surface area contributed by atoms with Crippen molar-refractivity contribution in [3.63, 3.8) is 0 Å². The maximum atomic E-state index is 9.55. The highest BCUT2D eigenvalue weighted by atomic mass is 16.4. The van der Waals surface area contributed by atoms with Gasteiger partial charge in [0.25, 0.3) is 0 Å². The van der Waals surface area contributed by atoms with E-state index in [-0.39, 0.29) is 0 Å². The Labute approximate surface area is 171 Å². The lowest BCUT2D eigenvalue weighted by Crippen LogP contribution is -2.38. The van der Waals surface area contributed by atoms with E-state index in [0.717, 1.165) is 13.1 Å². The van der Waals surface area contributed by atoms with Crippen LogP contribution >= 0.6 is 0 Å². The van der Waals surface area contributed by atoms with Crippen LogP contribution in [0.25, 0.3) is 0 Å². The van der Waals surface area contributed by atoms with Crippen molar-refractivity contribution in [1.29, 1.82) is 0 Å². The molecular formula is C23H28N2O4. The topological polar surface area (TPSA) is 81.1 Å². The molecule has 0 radical (unpaired) electrons. The molecule has 1 heterocycles. The third kappa shape index (κ3) is 8.19. The van der Waals surface area contributed by atoms with Gasteiger partial charge in [0.2, 0.25) is 0 Å². The Morgan fingerprint density at radius 3 is 2.10 bits per heavy atom. The first-order valence-electron chi connectivity index (χ1n) is 9.64. The number of para-hydroxylation sites is 1. The largest absolute Gasteiger partial charge is 0.478 e. The van der Waals surface area contributed by atoms with Crippen molar-refractivity contribution in [1.82, 2.24) is 4.90 Å². The lowest BCUT2D eigenvalue weighted by Gasteiger charge is -2.30. The summed E-state index contributed by atoms with van der Waals surface area (Å²) in [7, 11) is 2.23. The molecule has 0 aliphatic carbocycles. The second-order valence-corrected chi connectivity index (χ2v) is 7.02. The van der Waals surface area contributed by atoms with Gasteiger partial charge in [-0.1, -0.05) is 48.5 Å². The predicted octanol–water partition coefficient (Wildman–Crippen LogP) is 3.50. The molecule has 2 aromatic carbocycles. The van der Waals surface area contributed by atoms with Gasteiger partial charge in [-0.2, -0.15) is 0 Å². The Balaban J connectivity index is 0.000000321. The average molecular weight is 396 g/mol. The van der Waals surface area contributed by atoms with Gasteiger partial charge < -0.3 is 20.0 Å². The summed E-state index contributed by atoms with van der Waals surface area (Å²) >= 11 is 0. The van der Waals surface area contributed by atoms with Gasteiger partial charge in [0, 0.05) is 43.5 Å². The first-order valence-corrected chi connectivity index (χ1v) is 9.64. The first-order chi connectivity index (χ1) is 14.0. The minimum Gasteiger partial charge on any atom is -0.478 e. The highest BCUT2D eigenvalue weighted by molar-refractivity contribution is 5.89. The van der Waals surface area contributed by atoms with Crippen LogP contribution in [0, 0.1) is 0 Å². The van der Waals surface area contributed by atoms with Crippen LogP contribution in [-0.2, 0) is 16.1 Å². The van der Waals surface area contributed by atoms with E-state index in [1.165, 1.54) is 30.6 Å². The van der Waals surface area contributed by atoms with Crippen molar-refractivity contribution >= 4 is 17.6 Å². The Bertz CT molecular complexity index is 777. The number of hydrogen-bond donors (Lipinski definition) is 2. The van der Waals surface area contributed by atoms with E-state index < -0.39 is 11.9 Å². The standard InChI is InChI=1S/C19H24N2.C4H4O4/c1-20(15-17-9-4-2-5-10-17)16-19-13-8-14-21(19)18-11-6-3-7-12-18;5-3(6)1-2-4(7)8/h2-7,9-12,19H,8,13-16H2,1H3;1-2H,(H,5,6)(H,7,8). The molecule has 29 heavy (non-hydrogen) atoms. The Morgan fingerprint density at radius 1 is 1.00 bits per heavy atom. The zero-order valence-electron chi connectivity index (χ0n) is 16.6. The van der Waals surface area contributed by atoms with Gasteiger partial charge in [-0.05, 0) is 37.6 Å². The van der Waals surface area contributed by atoms with Gasteiger partial charge in [0.1, 0.15) is 0 Å². The zero-order valence-corrected chi connectivity index (χ0v) is 16.6. The molecule has 3 rings (SSSR count). The Kier molecular flexibility index (Phi) is 8.92. The summed E-state index contributed by atoms with van der Waals surface area (Å²) in [5, 5.41) is 15.6. The van der Waals surface area contributed by atoms with E-state index in [2.05, 4.69) is 77.5 Å². The second-order valence-electron chi connectivity index (χ2n) is 7.02. The van der Waals surface area contributed by atoms with Crippen LogP contribution in [0.1, 0.15) is 18.4 Å². The highest BCUT2D eigenvalue weighted by Gasteiger charge is 2.25. The lowest BCUT2D eigenvalue weighted by molar-refractivity contribution is -0.134. The molecule has 0 aromatic heterocycles. The molecule has 1 aliphatic heterocycles. The van der Waals surface area contributed by atoms with Crippen LogP contribution in [0.2, 0.25) is 0 Å². The predicted molar refractivity (Wildman–Crippen MR) is 114 cm³/mol. The van der Waals surface area contributed by atoms with Crippen LogP contribution < -0.4 is 4.90 Å². The van der Waals surface area contributed by atoms with Crippen molar-refractivity contribution in [2.24, 2.45) is 0 Å². The molecule has 2 aromatic rings. The quantitative estimate of drug-likeness (QED) is 0.697. The van der Waals surface area contributed by atoms with Gasteiger partial charge in [-0.15, -0.1) is 0 Å². The number of aliphatic carboxylic acids is 2. The van der Waals surface area contributed by atoms with Crippen LogP contribution in [0.5, 0.6) is 0 Å². The minimum atomic E-state index is -1.26. The van der Waals surface area contributed by atoms with E-state index in [1.54, 1.807) is 0 Å². The summed E-state index contributed by atoms with van der Waals surface area (Å²) in [6.45, 7) is 3.34. The minimum absolute atomic E-state index is 0.558. The van der Waals surface area contributed by atoms with E-state index in [9.17, 15) is 9.59 Å². The third-order valence-electron chi connectivity index (χ3n) is 4.65. The van der Waals surface area contributed by atoms with Crippen LogP contribution in [0.4, 0.5) is 5.69 Å². The summed E-state index contributed by atoms with van der Waals surface area (Å²) in [5.41, 5.74) is 2.76. The molecular weight excluding hydrogens is 368 g/mol. The van der Waals surface area contributed by atoms with E-state index in [0.29, 0.717) is 18.2 Å². The molecule has 1 fully saturated rings. The SMILES string of the molecule is CN(Cc1ccccc1)CC1CCCN1c1ccccc1.O=C(O)C=CC(=O)O. The van der Waals surface area contributed by atoms with Crippen molar-refractivity contribution in [2.75, 3.05) is 25.0 Å². The van der Waals surface area contributed by atoms with E-state index in [1.807, 2.05) is 0 Å². The van der Waals surface area contributed by atoms with E-state index >= 15 is 0 Å². The number of benzene rings is 2. The van der Waals surface area contributed by atoms with Crippen LogP contribution in [-0.4, -0.2) is 53.2 Å². The number of carboxylic acids is 2. The van der Waals surface area contributed by atoms with Gasteiger partial charge in [-0.3, -0.25) is 0 Å². The van der Waals surface area contributed by atoms with Crippen LogP contribution in [0.3, 0.4) is 0 Å². The molecule has 0 bridgehead atoms. The normalized spacial score (nSPS) is 15.9. The van der Waals surface area contributed by atoms with Gasteiger partial charge in [0.05, 0.1) is 0 Å². The fourth-order valence-corrected chi connectivity index (χ4v) is 3.45. The van der Waals surface area contributed by atoms with Crippen LogP contribution in [0.15, 0.2) is 72.8 Å². The summed E-state index contributed by atoms with van der Waals surface area (Å²) in [6.07, 6.45) is 3.72. The molecule has 6 nitrogen and oxygen atoms in total. The van der Waals surface area contributed by atoms with Gasteiger partial charge >= 0.3 is 11.9 Å². The maximum Gasteiger partial charge on any atom is 0.328 e. The lowest BCUT2D eigenvalue weighted by atomic mass is 10.1. The van der Waals surface area contributed by atoms with Gasteiger partial charge in [-0.25, -0.2) is 9.59 Å². The maximum absolute atomic E-state index is 9.55. The second kappa shape index (κ2) is 11.7. The summed E-state index contributed by atoms with van der Waals surface area (Å²) < 4.78 is 0. The fourth-order valence-electron chi connectivity index (χ4n) is 3.45. The van der Waals surface area contributed by atoms with Crippen molar-refractivity contribution in [2.45, 2.75) is 25.4 Å².